The number of hydrogen-bond donors (Lipinski definition) is 0. The first-order chi connectivity index (χ1) is 8.16. The fourth-order valence-corrected chi connectivity index (χ4v) is 2.11. The van der Waals surface area contributed by atoms with Crippen LogP contribution in [0.3, 0.4) is 0 Å². The third kappa shape index (κ3) is 3.20. The zero-order valence-corrected chi connectivity index (χ0v) is 11.2. The van der Waals surface area contributed by atoms with Crippen molar-refractivity contribution < 1.29 is 14.3 Å². The van der Waals surface area contributed by atoms with Gasteiger partial charge in [-0.05, 0) is 30.7 Å². The lowest BCUT2D eigenvalue weighted by molar-refractivity contribution is 0.0415. The highest BCUT2D eigenvalue weighted by Gasteiger charge is 2.19. The Morgan fingerprint density at radius 3 is 2.76 bits per heavy atom. The number of nitrogens with zero attached hydrogens (tertiary/aromatic N) is 1. The second kappa shape index (κ2) is 5.51. The topological polar surface area (TPSA) is 38.8 Å². The molecule has 2 rings (SSSR count). The molecule has 1 heterocycles. The van der Waals surface area contributed by atoms with Crippen LogP contribution in [0.15, 0.2) is 22.7 Å². The number of hydrogen-bond acceptors (Lipinski definition) is 3. The van der Waals surface area contributed by atoms with Gasteiger partial charge in [-0.1, -0.05) is 15.9 Å². The van der Waals surface area contributed by atoms with Gasteiger partial charge in [0.2, 0.25) is 0 Å². The Morgan fingerprint density at radius 1 is 1.41 bits per heavy atom. The summed E-state index contributed by atoms with van der Waals surface area (Å²) in [6.07, 6.45) is -0.307. The third-order valence-electron chi connectivity index (χ3n) is 2.60. The quantitative estimate of drug-likeness (QED) is 0.800. The number of carbonyl (C=O) groups is 1. The maximum atomic E-state index is 11.8. The summed E-state index contributed by atoms with van der Waals surface area (Å²) in [5, 5.41) is 0. The lowest BCUT2D eigenvalue weighted by Gasteiger charge is -2.26. The largest absolute Gasteiger partial charge is 0.415 e. The molecule has 1 fully saturated rings. The van der Waals surface area contributed by atoms with Gasteiger partial charge in [0.15, 0.2) is 0 Å². The van der Waals surface area contributed by atoms with E-state index in [2.05, 4.69) is 15.9 Å². The number of amides is 1. The van der Waals surface area contributed by atoms with Gasteiger partial charge in [0.25, 0.3) is 0 Å². The first-order valence-corrected chi connectivity index (χ1v) is 6.27. The predicted octanol–water partition coefficient (Wildman–Crippen LogP) is 2.59. The zero-order chi connectivity index (χ0) is 12.3. The highest BCUT2D eigenvalue weighted by Crippen LogP contribution is 2.22. The van der Waals surface area contributed by atoms with E-state index in [1.54, 1.807) is 11.0 Å². The van der Waals surface area contributed by atoms with Crippen LogP contribution >= 0.6 is 15.9 Å². The van der Waals surface area contributed by atoms with Crippen molar-refractivity contribution in [3.8, 4) is 5.75 Å². The Morgan fingerprint density at radius 2 is 2.12 bits per heavy atom. The monoisotopic (exact) mass is 299 g/mol. The molecule has 0 aliphatic carbocycles. The highest BCUT2D eigenvalue weighted by atomic mass is 79.9. The van der Waals surface area contributed by atoms with E-state index in [0.717, 1.165) is 10.0 Å². The summed E-state index contributed by atoms with van der Waals surface area (Å²) in [5.41, 5.74) is 0.931. The molecule has 5 heteroatoms. The Balaban J connectivity index is 2.02. The highest BCUT2D eigenvalue weighted by molar-refractivity contribution is 9.10. The van der Waals surface area contributed by atoms with Crippen molar-refractivity contribution in [2.45, 2.75) is 6.92 Å². The number of aryl methyl sites for hydroxylation is 1. The summed E-state index contributed by atoms with van der Waals surface area (Å²) in [7, 11) is 0. The van der Waals surface area contributed by atoms with Gasteiger partial charge >= 0.3 is 6.09 Å². The number of benzene rings is 1. The molecule has 0 bridgehead atoms. The molecule has 1 aliphatic rings. The van der Waals surface area contributed by atoms with Gasteiger partial charge in [-0.3, -0.25) is 0 Å². The SMILES string of the molecule is Cc1cc(Br)ccc1OC(=O)N1CCOCC1. The summed E-state index contributed by atoms with van der Waals surface area (Å²) in [6, 6.07) is 5.56. The second-order valence-corrected chi connectivity index (χ2v) is 4.79. The van der Waals surface area contributed by atoms with Crippen molar-refractivity contribution in [2.24, 2.45) is 0 Å². The molecule has 0 aromatic heterocycles. The van der Waals surface area contributed by atoms with Crippen LogP contribution in [0, 0.1) is 6.92 Å². The average molecular weight is 300 g/mol. The van der Waals surface area contributed by atoms with E-state index in [1.165, 1.54) is 0 Å². The van der Waals surface area contributed by atoms with Crippen molar-refractivity contribution in [3.63, 3.8) is 0 Å². The van der Waals surface area contributed by atoms with E-state index < -0.39 is 0 Å². The van der Waals surface area contributed by atoms with Crippen molar-refractivity contribution in [2.75, 3.05) is 26.3 Å². The molecule has 4 nitrogen and oxygen atoms in total. The molecule has 0 unspecified atom stereocenters. The second-order valence-electron chi connectivity index (χ2n) is 3.88. The van der Waals surface area contributed by atoms with E-state index in [1.807, 2.05) is 19.1 Å². The van der Waals surface area contributed by atoms with Crippen molar-refractivity contribution in [1.82, 2.24) is 4.90 Å². The molecule has 0 spiro atoms. The summed E-state index contributed by atoms with van der Waals surface area (Å²) < 4.78 is 11.5. The number of ether oxygens (including phenoxy) is 2. The first kappa shape index (κ1) is 12.4. The summed E-state index contributed by atoms with van der Waals surface area (Å²) >= 11 is 3.37. The van der Waals surface area contributed by atoms with Crippen molar-refractivity contribution >= 4 is 22.0 Å². The maximum Gasteiger partial charge on any atom is 0.415 e. The van der Waals surface area contributed by atoms with Crippen LogP contribution in [0.4, 0.5) is 4.79 Å². The number of carbonyl (C=O) groups excluding carboxylic acids is 1. The lowest BCUT2D eigenvalue weighted by Crippen LogP contribution is -2.42. The molecule has 1 aromatic rings. The van der Waals surface area contributed by atoms with Gasteiger partial charge in [0, 0.05) is 17.6 Å². The summed E-state index contributed by atoms with van der Waals surface area (Å²) in [6.45, 7) is 4.25. The number of morpholine rings is 1. The van der Waals surface area contributed by atoms with Crippen LogP contribution in [0.5, 0.6) is 5.75 Å². The smallest absolute Gasteiger partial charge is 0.410 e. The van der Waals surface area contributed by atoms with Crippen LogP contribution in [0.2, 0.25) is 0 Å². The molecule has 1 saturated heterocycles. The van der Waals surface area contributed by atoms with E-state index in [-0.39, 0.29) is 6.09 Å². The molecule has 1 aliphatic heterocycles. The maximum absolute atomic E-state index is 11.8. The van der Waals surface area contributed by atoms with Gasteiger partial charge in [0.05, 0.1) is 13.2 Å². The Kier molecular flexibility index (Phi) is 4.02. The third-order valence-corrected chi connectivity index (χ3v) is 3.10. The van der Waals surface area contributed by atoms with Gasteiger partial charge in [-0.2, -0.15) is 0 Å². The van der Waals surface area contributed by atoms with Gasteiger partial charge < -0.3 is 14.4 Å². The molecular formula is C12H14BrNO3. The number of rotatable bonds is 1. The van der Waals surface area contributed by atoms with Crippen LogP contribution in [0.25, 0.3) is 0 Å². The fraction of sp³-hybridized carbons (Fsp3) is 0.417. The fourth-order valence-electron chi connectivity index (χ4n) is 1.63. The first-order valence-electron chi connectivity index (χ1n) is 5.47. The van der Waals surface area contributed by atoms with Crippen molar-refractivity contribution in [3.05, 3.63) is 28.2 Å². The average Bonchev–Trinajstić information content (AvgIpc) is 2.34. The minimum Gasteiger partial charge on any atom is -0.410 e. The Bertz CT molecular complexity index is 416. The molecule has 17 heavy (non-hydrogen) atoms. The van der Waals surface area contributed by atoms with Gasteiger partial charge in [-0.25, -0.2) is 4.79 Å². The van der Waals surface area contributed by atoms with Crippen LogP contribution < -0.4 is 4.74 Å². The minimum absolute atomic E-state index is 0.307. The van der Waals surface area contributed by atoms with Crippen LogP contribution in [0.1, 0.15) is 5.56 Å². The van der Waals surface area contributed by atoms with E-state index in [4.69, 9.17) is 9.47 Å². The lowest BCUT2D eigenvalue weighted by atomic mass is 10.2. The van der Waals surface area contributed by atoms with Crippen molar-refractivity contribution in [1.29, 1.82) is 0 Å². The minimum atomic E-state index is -0.307. The molecule has 1 amide bonds. The summed E-state index contributed by atoms with van der Waals surface area (Å²) in [5.74, 6) is 0.602. The number of halogens is 1. The van der Waals surface area contributed by atoms with Crippen LogP contribution in [-0.4, -0.2) is 37.3 Å². The van der Waals surface area contributed by atoms with Crippen LogP contribution in [-0.2, 0) is 4.74 Å². The van der Waals surface area contributed by atoms with E-state index in [9.17, 15) is 4.79 Å². The standard InChI is InChI=1S/C12H14BrNO3/c1-9-8-10(13)2-3-11(9)17-12(15)14-4-6-16-7-5-14/h2-3,8H,4-7H2,1H3. The zero-order valence-electron chi connectivity index (χ0n) is 9.61. The molecule has 0 N–H and O–H groups in total. The van der Waals surface area contributed by atoms with E-state index >= 15 is 0 Å². The molecule has 0 atom stereocenters. The summed E-state index contributed by atoms with van der Waals surface area (Å²) in [4.78, 5) is 13.5. The molecule has 92 valence electrons. The normalized spacial score (nSPS) is 15.8. The molecular weight excluding hydrogens is 286 g/mol. The molecule has 1 aromatic carbocycles. The van der Waals surface area contributed by atoms with Gasteiger partial charge in [-0.15, -0.1) is 0 Å². The predicted molar refractivity (Wildman–Crippen MR) is 67.3 cm³/mol. The van der Waals surface area contributed by atoms with E-state index in [0.29, 0.717) is 32.1 Å². The molecule has 0 saturated carbocycles. The Hall–Kier alpha value is -1.07. The Labute approximate surface area is 109 Å². The molecule has 0 radical (unpaired) electrons. The van der Waals surface area contributed by atoms with Gasteiger partial charge in [0.1, 0.15) is 5.75 Å².